The number of hydrogen-bond donors (Lipinski definition) is 2. The van der Waals surface area contributed by atoms with Crippen LogP contribution in [-0.2, 0) is 14.3 Å². The summed E-state index contributed by atoms with van der Waals surface area (Å²) in [5, 5.41) is 19.6. The first-order chi connectivity index (χ1) is 8.99. The van der Waals surface area contributed by atoms with Gasteiger partial charge >= 0.3 is 11.9 Å². The molecule has 19 heavy (non-hydrogen) atoms. The van der Waals surface area contributed by atoms with Gasteiger partial charge in [0.2, 0.25) is 0 Å². The Kier molecular flexibility index (Phi) is 5.87. The molecule has 8 heteroatoms. The molecule has 1 aromatic heterocycles. The number of esters is 2. The van der Waals surface area contributed by atoms with Crippen LogP contribution in [0.25, 0.3) is 0 Å². The molecule has 0 saturated carbocycles. The molecular weight excluding hydrogens is 274 g/mol. The van der Waals surface area contributed by atoms with Crippen molar-refractivity contribution < 1.29 is 29.3 Å². The number of carbonyl (C=O) groups is 2. The topological polar surface area (TPSA) is 106 Å². The molecule has 106 valence electrons. The van der Waals surface area contributed by atoms with E-state index in [1.165, 1.54) is 13.3 Å². The average Bonchev–Trinajstić information content (AvgIpc) is 2.87. The molecule has 0 aliphatic heterocycles. The maximum atomic E-state index is 11.4. The van der Waals surface area contributed by atoms with E-state index in [4.69, 9.17) is 4.74 Å². The highest BCUT2D eigenvalue weighted by Crippen LogP contribution is 2.24. The Bertz CT molecular complexity index is 446. The molecule has 0 aliphatic carbocycles. The van der Waals surface area contributed by atoms with Crippen molar-refractivity contribution >= 4 is 23.3 Å². The largest absolute Gasteiger partial charge is 0.469 e. The van der Waals surface area contributed by atoms with Crippen LogP contribution in [0.2, 0.25) is 0 Å². The van der Waals surface area contributed by atoms with Crippen LogP contribution in [0.1, 0.15) is 34.1 Å². The van der Waals surface area contributed by atoms with Crippen LogP contribution in [0.3, 0.4) is 0 Å². The SMILES string of the molecule is CCOC(=O)c1cnc(C(O)C(O)CC(=O)OC)s1. The van der Waals surface area contributed by atoms with Crippen molar-refractivity contribution in [2.24, 2.45) is 0 Å². The number of ether oxygens (including phenoxy) is 2. The first-order valence-electron chi connectivity index (χ1n) is 5.55. The van der Waals surface area contributed by atoms with Crippen molar-refractivity contribution in [1.29, 1.82) is 0 Å². The summed E-state index contributed by atoms with van der Waals surface area (Å²) in [6.45, 7) is 1.91. The maximum absolute atomic E-state index is 11.4. The molecule has 0 radical (unpaired) electrons. The first-order valence-corrected chi connectivity index (χ1v) is 6.37. The Hall–Kier alpha value is -1.51. The number of thiazole rings is 1. The number of methoxy groups -OCH3 is 1. The van der Waals surface area contributed by atoms with E-state index in [1.54, 1.807) is 6.92 Å². The van der Waals surface area contributed by atoms with Crippen LogP contribution in [0.15, 0.2) is 6.20 Å². The van der Waals surface area contributed by atoms with Crippen LogP contribution in [0.5, 0.6) is 0 Å². The minimum absolute atomic E-state index is 0.138. The van der Waals surface area contributed by atoms with Gasteiger partial charge in [0.15, 0.2) is 0 Å². The number of aromatic nitrogens is 1. The van der Waals surface area contributed by atoms with E-state index in [2.05, 4.69) is 9.72 Å². The van der Waals surface area contributed by atoms with Gasteiger partial charge in [0.1, 0.15) is 16.0 Å². The maximum Gasteiger partial charge on any atom is 0.349 e. The average molecular weight is 289 g/mol. The molecule has 7 nitrogen and oxygen atoms in total. The number of carbonyl (C=O) groups excluding carboxylic acids is 2. The fourth-order valence-corrected chi connectivity index (χ4v) is 2.11. The number of nitrogens with zero attached hydrogens (tertiary/aromatic N) is 1. The summed E-state index contributed by atoms with van der Waals surface area (Å²) < 4.78 is 9.16. The number of aliphatic hydroxyl groups is 2. The molecular formula is C11H15NO6S. The van der Waals surface area contributed by atoms with Gasteiger partial charge in [0.05, 0.1) is 32.4 Å². The van der Waals surface area contributed by atoms with Gasteiger partial charge in [-0.1, -0.05) is 0 Å². The first kappa shape index (κ1) is 15.5. The third-order valence-corrected chi connectivity index (χ3v) is 3.27. The lowest BCUT2D eigenvalue weighted by atomic mass is 10.1. The molecule has 0 saturated heterocycles. The van der Waals surface area contributed by atoms with E-state index >= 15 is 0 Å². The van der Waals surface area contributed by atoms with Gasteiger partial charge in [0, 0.05) is 0 Å². The van der Waals surface area contributed by atoms with Crippen molar-refractivity contribution in [3.8, 4) is 0 Å². The third kappa shape index (κ3) is 4.27. The van der Waals surface area contributed by atoms with E-state index in [9.17, 15) is 19.8 Å². The fourth-order valence-electron chi connectivity index (χ4n) is 1.25. The van der Waals surface area contributed by atoms with Crippen LogP contribution < -0.4 is 0 Å². The zero-order chi connectivity index (χ0) is 14.4. The summed E-state index contributed by atoms with van der Waals surface area (Å²) in [6.07, 6.45) is -1.79. The van der Waals surface area contributed by atoms with Crippen molar-refractivity contribution in [2.75, 3.05) is 13.7 Å². The molecule has 2 unspecified atom stereocenters. The molecule has 0 amide bonds. The molecule has 0 aromatic carbocycles. The molecule has 2 N–H and O–H groups in total. The Labute approximate surface area is 113 Å². The summed E-state index contributed by atoms with van der Waals surface area (Å²) >= 11 is 0.904. The monoisotopic (exact) mass is 289 g/mol. The second-order valence-electron chi connectivity index (χ2n) is 3.58. The quantitative estimate of drug-likeness (QED) is 0.724. The minimum atomic E-state index is -1.35. The molecule has 1 aromatic rings. The third-order valence-electron chi connectivity index (χ3n) is 2.22. The normalized spacial score (nSPS) is 13.7. The highest BCUT2D eigenvalue weighted by Gasteiger charge is 2.25. The van der Waals surface area contributed by atoms with Crippen LogP contribution in [0, 0.1) is 0 Å². The van der Waals surface area contributed by atoms with Gasteiger partial charge in [-0.05, 0) is 6.92 Å². The molecule has 0 fully saturated rings. The highest BCUT2D eigenvalue weighted by molar-refractivity contribution is 7.13. The van der Waals surface area contributed by atoms with Gasteiger partial charge in [-0.3, -0.25) is 4.79 Å². The lowest BCUT2D eigenvalue weighted by Gasteiger charge is -2.13. The zero-order valence-electron chi connectivity index (χ0n) is 10.5. The number of hydrogen-bond acceptors (Lipinski definition) is 8. The van der Waals surface area contributed by atoms with Crippen molar-refractivity contribution in [1.82, 2.24) is 4.98 Å². The molecule has 2 atom stereocenters. The number of rotatable bonds is 6. The van der Waals surface area contributed by atoms with E-state index < -0.39 is 24.1 Å². The van der Waals surface area contributed by atoms with Gasteiger partial charge in [-0.15, -0.1) is 11.3 Å². The Morgan fingerprint density at radius 1 is 1.47 bits per heavy atom. The predicted molar refractivity (Wildman–Crippen MR) is 65.7 cm³/mol. The molecule has 0 spiro atoms. The van der Waals surface area contributed by atoms with Crippen LogP contribution in [-0.4, -0.2) is 47.0 Å². The van der Waals surface area contributed by atoms with Crippen molar-refractivity contribution in [3.63, 3.8) is 0 Å². The lowest BCUT2D eigenvalue weighted by molar-refractivity contribution is -0.144. The molecule has 1 rings (SSSR count). The Morgan fingerprint density at radius 2 is 2.16 bits per heavy atom. The van der Waals surface area contributed by atoms with E-state index in [0.29, 0.717) is 0 Å². The summed E-state index contributed by atoms with van der Waals surface area (Å²) in [5.41, 5.74) is 0. The smallest absolute Gasteiger partial charge is 0.349 e. The summed E-state index contributed by atoms with van der Waals surface area (Å²) in [5.74, 6) is -1.19. The van der Waals surface area contributed by atoms with Gasteiger partial charge in [-0.25, -0.2) is 9.78 Å². The van der Waals surface area contributed by atoms with E-state index in [-0.39, 0.29) is 22.9 Å². The predicted octanol–water partition coefficient (Wildman–Crippen LogP) is 0.277. The minimum Gasteiger partial charge on any atom is -0.469 e. The van der Waals surface area contributed by atoms with Gasteiger partial charge < -0.3 is 19.7 Å². The van der Waals surface area contributed by atoms with Gasteiger partial charge in [-0.2, -0.15) is 0 Å². The standard InChI is InChI=1S/C11H15NO6S/c1-3-18-11(16)7-5-12-10(19-7)9(15)6(13)4-8(14)17-2/h5-6,9,13,15H,3-4H2,1-2H3. The zero-order valence-corrected chi connectivity index (χ0v) is 11.3. The Balaban J connectivity index is 2.69. The van der Waals surface area contributed by atoms with Crippen molar-refractivity contribution in [3.05, 3.63) is 16.1 Å². The molecule has 0 bridgehead atoms. The van der Waals surface area contributed by atoms with Crippen molar-refractivity contribution in [2.45, 2.75) is 25.6 Å². The summed E-state index contributed by atoms with van der Waals surface area (Å²) in [4.78, 5) is 26.4. The fraction of sp³-hybridized carbons (Fsp3) is 0.545. The van der Waals surface area contributed by atoms with Crippen LogP contribution >= 0.6 is 11.3 Å². The molecule has 0 aliphatic rings. The number of aliphatic hydroxyl groups excluding tert-OH is 2. The van der Waals surface area contributed by atoms with Gasteiger partial charge in [0.25, 0.3) is 0 Å². The van der Waals surface area contributed by atoms with E-state index in [1.807, 2.05) is 0 Å². The highest BCUT2D eigenvalue weighted by atomic mass is 32.1. The summed E-state index contributed by atoms with van der Waals surface area (Å²) in [6, 6.07) is 0. The second kappa shape index (κ2) is 7.17. The van der Waals surface area contributed by atoms with Crippen LogP contribution in [0.4, 0.5) is 0 Å². The lowest BCUT2D eigenvalue weighted by Crippen LogP contribution is -2.22. The summed E-state index contributed by atoms with van der Waals surface area (Å²) in [7, 11) is 1.18. The molecule has 1 heterocycles. The Morgan fingerprint density at radius 3 is 2.74 bits per heavy atom. The van der Waals surface area contributed by atoms with E-state index in [0.717, 1.165) is 11.3 Å². The second-order valence-corrected chi connectivity index (χ2v) is 4.64.